The normalized spacial score (nSPS) is 18.0. The maximum absolute atomic E-state index is 12.7. The number of amides is 2. The van der Waals surface area contributed by atoms with Crippen LogP contribution in [0.3, 0.4) is 0 Å². The van der Waals surface area contributed by atoms with Gasteiger partial charge in [0.15, 0.2) is 0 Å². The molecule has 2 aromatic rings. The van der Waals surface area contributed by atoms with Gasteiger partial charge in [0, 0.05) is 37.4 Å². The van der Waals surface area contributed by atoms with E-state index in [1.807, 2.05) is 12.1 Å². The maximum atomic E-state index is 12.7. The van der Waals surface area contributed by atoms with Gasteiger partial charge in [0.2, 0.25) is 5.91 Å². The summed E-state index contributed by atoms with van der Waals surface area (Å²) in [6, 6.07) is 3.80. The highest BCUT2D eigenvalue weighted by Gasteiger charge is 2.32. The second-order valence-electron chi connectivity index (χ2n) is 7.05. The highest BCUT2D eigenvalue weighted by molar-refractivity contribution is 7.07. The molecule has 2 aromatic heterocycles. The number of pyridine rings is 1. The number of aromatic nitrogens is 2. The number of nitrogens with zero attached hydrogens (tertiary/aromatic N) is 4. The lowest BCUT2D eigenvalue weighted by Crippen LogP contribution is -2.40. The molecule has 3 rings (SSSR count). The van der Waals surface area contributed by atoms with Gasteiger partial charge in [0.1, 0.15) is 12.2 Å². The largest absolute Gasteiger partial charge is 0.370 e. The summed E-state index contributed by atoms with van der Waals surface area (Å²) in [6.45, 7) is 6.06. The minimum Gasteiger partial charge on any atom is -0.370 e. The highest BCUT2D eigenvalue weighted by atomic mass is 32.1. The standard InChI is InChI=1S/C19H24N4O3S/c1-14(2)7-22-8-16(26-11-15-4-3-5-20-6-15)9-23(10-18(22)24)19(25)17-12-27-13-21-17/h3-6,12-14,16H,7-11H2,1-2H3/t16-/m0/s1. The lowest BCUT2D eigenvalue weighted by atomic mass is 10.2. The average Bonchev–Trinajstić information content (AvgIpc) is 3.14. The van der Waals surface area contributed by atoms with E-state index in [0.29, 0.717) is 37.9 Å². The predicted molar refractivity (Wildman–Crippen MR) is 102 cm³/mol. The minimum atomic E-state index is -0.266. The van der Waals surface area contributed by atoms with E-state index in [1.54, 1.807) is 33.1 Å². The zero-order chi connectivity index (χ0) is 19.2. The summed E-state index contributed by atoms with van der Waals surface area (Å²) < 4.78 is 6.06. The Balaban J connectivity index is 1.74. The maximum Gasteiger partial charge on any atom is 0.273 e. The Kier molecular flexibility index (Phi) is 6.52. The predicted octanol–water partition coefficient (Wildman–Crippen LogP) is 2.06. The first-order valence-corrected chi connectivity index (χ1v) is 9.93. The molecule has 1 fully saturated rings. The number of hydrogen-bond donors (Lipinski definition) is 0. The van der Waals surface area contributed by atoms with Crippen molar-refractivity contribution in [1.82, 2.24) is 19.8 Å². The SMILES string of the molecule is CC(C)CN1C[C@H](OCc2cccnc2)CN(C(=O)c2cscn2)CC1=O. The zero-order valence-electron chi connectivity index (χ0n) is 15.6. The third kappa shape index (κ3) is 5.33. The molecule has 1 saturated heterocycles. The molecule has 1 aliphatic rings. The molecule has 0 unspecified atom stereocenters. The number of carbonyl (C=O) groups is 2. The number of hydrogen-bond acceptors (Lipinski definition) is 6. The van der Waals surface area contributed by atoms with Gasteiger partial charge in [-0.1, -0.05) is 19.9 Å². The lowest BCUT2D eigenvalue weighted by molar-refractivity contribution is -0.132. The Morgan fingerprint density at radius 2 is 2.26 bits per heavy atom. The first kappa shape index (κ1) is 19.4. The van der Waals surface area contributed by atoms with Crippen LogP contribution in [0.25, 0.3) is 0 Å². The fourth-order valence-corrected chi connectivity index (χ4v) is 3.56. The topological polar surface area (TPSA) is 75.6 Å². The number of ether oxygens (including phenoxy) is 1. The van der Waals surface area contributed by atoms with Crippen LogP contribution in [0.4, 0.5) is 0 Å². The molecule has 0 N–H and O–H groups in total. The molecule has 0 radical (unpaired) electrons. The average molecular weight is 388 g/mol. The van der Waals surface area contributed by atoms with E-state index in [-0.39, 0.29) is 24.5 Å². The molecule has 3 heterocycles. The number of rotatable bonds is 6. The van der Waals surface area contributed by atoms with Crippen LogP contribution in [-0.2, 0) is 16.1 Å². The van der Waals surface area contributed by atoms with E-state index >= 15 is 0 Å². The molecular weight excluding hydrogens is 364 g/mol. The molecule has 0 saturated carbocycles. The Hall–Kier alpha value is -2.32. The molecule has 144 valence electrons. The molecule has 27 heavy (non-hydrogen) atoms. The van der Waals surface area contributed by atoms with E-state index in [0.717, 1.165) is 5.56 Å². The smallest absolute Gasteiger partial charge is 0.273 e. The molecule has 2 amide bonds. The van der Waals surface area contributed by atoms with Crippen molar-refractivity contribution in [3.8, 4) is 0 Å². The summed E-state index contributed by atoms with van der Waals surface area (Å²) in [5.74, 6) is 0.0550. The van der Waals surface area contributed by atoms with Crippen molar-refractivity contribution < 1.29 is 14.3 Å². The van der Waals surface area contributed by atoms with E-state index in [1.165, 1.54) is 11.3 Å². The van der Waals surface area contributed by atoms with E-state index < -0.39 is 0 Å². The van der Waals surface area contributed by atoms with Gasteiger partial charge in [0.05, 0.1) is 18.2 Å². The van der Waals surface area contributed by atoms with Gasteiger partial charge in [-0.25, -0.2) is 4.98 Å². The summed E-state index contributed by atoms with van der Waals surface area (Å²) in [5.41, 5.74) is 2.95. The van der Waals surface area contributed by atoms with Gasteiger partial charge in [-0.2, -0.15) is 0 Å². The van der Waals surface area contributed by atoms with Gasteiger partial charge >= 0.3 is 0 Å². The van der Waals surface area contributed by atoms with E-state index in [9.17, 15) is 9.59 Å². The summed E-state index contributed by atoms with van der Waals surface area (Å²) >= 11 is 1.36. The second-order valence-corrected chi connectivity index (χ2v) is 7.76. The molecular formula is C19H24N4O3S. The van der Waals surface area contributed by atoms with Crippen LogP contribution in [0.1, 0.15) is 29.9 Å². The van der Waals surface area contributed by atoms with E-state index in [4.69, 9.17) is 4.74 Å². The van der Waals surface area contributed by atoms with Gasteiger partial charge in [-0.3, -0.25) is 14.6 Å². The fraction of sp³-hybridized carbons (Fsp3) is 0.474. The van der Waals surface area contributed by atoms with Crippen molar-refractivity contribution in [2.24, 2.45) is 5.92 Å². The molecule has 0 spiro atoms. The van der Waals surface area contributed by atoms with Crippen LogP contribution in [0.2, 0.25) is 0 Å². The van der Waals surface area contributed by atoms with Crippen LogP contribution in [-0.4, -0.2) is 63.9 Å². The molecule has 0 aromatic carbocycles. The molecule has 0 aliphatic carbocycles. The summed E-state index contributed by atoms with van der Waals surface area (Å²) in [6.07, 6.45) is 3.20. The molecule has 8 heteroatoms. The number of carbonyl (C=O) groups excluding carboxylic acids is 2. The molecule has 1 aliphatic heterocycles. The third-order valence-corrected chi connectivity index (χ3v) is 4.85. The van der Waals surface area contributed by atoms with Crippen LogP contribution in [0, 0.1) is 5.92 Å². The molecule has 0 bridgehead atoms. The Labute approximate surface area is 163 Å². The highest BCUT2D eigenvalue weighted by Crippen LogP contribution is 2.15. The van der Waals surface area contributed by atoms with Gasteiger partial charge < -0.3 is 14.5 Å². The third-order valence-electron chi connectivity index (χ3n) is 4.26. The van der Waals surface area contributed by atoms with Gasteiger partial charge in [-0.15, -0.1) is 11.3 Å². The second kappa shape index (κ2) is 9.05. The van der Waals surface area contributed by atoms with Gasteiger partial charge in [0.25, 0.3) is 5.91 Å². The van der Waals surface area contributed by atoms with Crippen molar-refractivity contribution in [2.45, 2.75) is 26.6 Å². The quantitative estimate of drug-likeness (QED) is 0.757. The summed E-state index contributed by atoms with van der Waals surface area (Å²) in [7, 11) is 0. The molecule has 1 atom stereocenters. The Morgan fingerprint density at radius 3 is 2.93 bits per heavy atom. The first-order chi connectivity index (χ1) is 13.0. The summed E-state index contributed by atoms with van der Waals surface area (Å²) in [5, 5.41) is 1.70. The lowest BCUT2D eigenvalue weighted by Gasteiger charge is -2.26. The van der Waals surface area contributed by atoms with Gasteiger partial charge in [-0.05, 0) is 17.5 Å². The van der Waals surface area contributed by atoms with Crippen molar-refractivity contribution in [1.29, 1.82) is 0 Å². The zero-order valence-corrected chi connectivity index (χ0v) is 16.4. The van der Waals surface area contributed by atoms with Crippen LogP contribution in [0.5, 0.6) is 0 Å². The summed E-state index contributed by atoms with van der Waals surface area (Å²) in [4.78, 5) is 37.0. The van der Waals surface area contributed by atoms with Crippen molar-refractivity contribution >= 4 is 23.2 Å². The number of thiazole rings is 1. The minimum absolute atomic E-state index is 0.0514. The van der Waals surface area contributed by atoms with Crippen molar-refractivity contribution in [2.75, 3.05) is 26.2 Å². The first-order valence-electron chi connectivity index (χ1n) is 8.98. The molecule has 7 nitrogen and oxygen atoms in total. The van der Waals surface area contributed by atoms with Crippen LogP contribution in [0.15, 0.2) is 35.4 Å². The van der Waals surface area contributed by atoms with E-state index in [2.05, 4.69) is 23.8 Å². The Bertz CT molecular complexity index is 752. The Morgan fingerprint density at radius 1 is 1.41 bits per heavy atom. The monoisotopic (exact) mass is 388 g/mol. The van der Waals surface area contributed by atoms with Crippen LogP contribution >= 0.6 is 11.3 Å². The van der Waals surface area contributed by atoms with Crippen molar-refractivity contribution in [3.05, 3.63) is 46.7 Å². The van der Waals surface area contributed by atoms with Crippen LogP contribution < -0.4 is 0 Å². The fourth-order valence-electron chi connectivity index (χ4n) is 3.03. The van der Waals surface area contributed by atoms with Crippen molar-refractivity contribution in [3.63, 3.8) is 0 Å².